The van der Waals surface area contributed by atoms with Crippen LogP contribution in [0, 0.1) is 0 Å². The van der Waals surface area contributed by atoms with E-state index in [0.29, 0.717) is 5.82 Å². The fraction of sp³-hybridized carbons (Fsp3) is 0.0169. The van der Waals surface area contributed by atoms with Crippen molar-refractivity contribution in [2.24, 2.45) is 0 Å². The first-order chi connectivity index (χ1) is 30.2. The molecular weight excluding hydrogens is 737 g/mol. The van der Waals surface area contributed by atoms with Gasteiger partial charge in [0, 0.05) is 16.7 Å². The van der Waals surface area contributed by atoms with Crippen LogP contribution in [0.25, 0.3) is 89.5 Å². The second kappa shape index (κ2) is 14.1. The maximum atomic E-state index is 5.33. The molecule has 12 rings (SSSR count). The van der Waals surface area contributed by atoms with Gasteiger partial charge >= 0.3 is 0 Å². The third kappa shape index (κ3) is 5.64. The predicted octanol–water partition coefficient (Wildman–Crippen LogP) is 14.8. The summed E-state index contributed by atoms with van der Waals surface area (Å²) >= 11 is 0. The van der Waals surface area contributed by atoms with Gasteiger partial charge in [-0.3, -0.25) is 0 Å². The van der Waals surface area contributed by atoms with Crippen LogP contribution in [-0.2, 0) is 5.41 Å². The van der Waals surface area contributed by atoms with Crippen molar-refractivity contribution in [3.8, 4) is 89.5 Å². The van der Waals surface area contributed by atoms with E-state index in [0.717, 1.165) is 50.3 Å². The Morgan fingerprint density at radius 2 is 0.590 bits per heavy atom. The molecule has 0 aliphatic heterocycles. The smallest absolute Gasteiger partial charge is 0.160 e. The molecule has 0 N–H and O–H groups in total. The van der Waals surface area contributed by atoms with Crippen molar-refractivity contribution in [1.82, 2.24) is 9.97 Å². The zero-order valence-corrected chi connectivity index (χ0v) is 33.3. The van der Waals surface area contributed by atoms with Gasteiger partial charge in [-0.2, -0.15) is 0 Å². The van der Waals surface area contributed by atoms with Gasteiger partial charge < -0.3 is 0 Å². The molecule has 0 atom stereocenters. The molecule has 0 saturated carbocycles. The topological polar surface area (TPSA) is 25.8 Å². The highest BCUT2D eigenvalue weighted by molar-refractivity contribution is 5.96. The highest BCUT2D eigenvalue weighted by Crippen LogP contribution is 2.63. The zero-order chi connectivity index (χ0) is 40.3. The molecule has 9 aromatic carbocycles. The van der Waals surface area contributed by atoms with Crippen molar-refractivity contribution in [1.29, 1.82) is 0 Å². The van der Waals surface area contributed by atoms with Gasteiger partial charge in [0.1, 0.15) is 0 Å². The van der Waals surface area contributed by atoms with Crippen LogP contribution in [0.2, 0.25) is 0 Å². The highest BCUT2D eigenvalue weighted by atomic mass is 14.9. The Morgan fingerprint density at radius 3 is 1.10 bits per heavy atom. The van der Waals surface area contributed by atoms with Crippen molar-refractivity contribution in [2.75, 3.05) is 0 Å². The molecule has 2 nitrogen and oxygen atoms in total. The summed E-state index contributed by atoms with van der Waals surface area (Å²) in [4.78, 5) is 10.7. The van der Waals surface area contributed by atoms with Gasteiger partial charge in [0.05, 0.1) is 16.8 Å². The summed E-state index contributed by atoms with van der Waals surface area (Å²) < 4.78 is 0. The van der Waals surface area contributed by atoms with Crippen molar-refractivity contribution >= 4 is 0 Å². The summed E-state index contributed by atoms with van der Waals surface area (Å²) in [5.41, 5.74) is 21.9. The van der Waals surface area contributed by atoms with Gasteiger partial charge in [-0.05, 0) is 108 Å². The fourth-order valence-corrected chi connectivity index (χ4v) is 9.96. The van der Waals surface area contributed by atoms with E-state index in [2.05, 4.69) is 231 Å². The lowest BCUT2D eigenvalue weighted by molar-refractivity contribution is 0.794. The second-order valence-corrected chi connectivity index (χ2v) is 16.1. The Balaban J connectivity index is 1.01. The summed E-state index contributed by atoms with van der Waals surface area (Å²) in [5, 5.41) is 0. The van der Waals surface area contributed by atoms with E-state index in [-0.39, 0.29) is 0 Å². The summed E-state index contributed by atoms with van der Waals surface area (Å²) in [6.07, 6.45) is 0. The van der Waals surface area contributed by atoms with Gasteiger partial charge in [-0.15, -0.1) is 0 Å². The maximum Gasteiger partial charge on any atom is 0.160 e. The van der Waals surface area contributed by atoms with Gasteiger partial charge in [-0.1, -0.05) is 200 Å². The lowest BCUT2D eigenvalue weighted by Gasteiger charge is -2.30. The molecule has 1 spiro atoms. The van der Waals surface area contributed by atoms with E-state index in [4.69, 9.17) is 9.97 Å². The molecule has 0 radical (unpaired) electrons. The second-order valence-electron chi connectivity index (χ2n) is 16.1. The highest BCUT2D eigenvalue weighted by Gasteiger charge is 2.51. The summed E-state index contributed by atoms with van der Waals surface area (Å²) in [6.45, 7) is 0. The molecule has 0 fully saturated rings. The Kier molecular flexibility index (Phi) is 8.11. The molecule has 61 heavy (non-hydrogen) atoms. The third-order valence-electron chi connectivity index (χ3n) is 12.7. The molecule has 1 heterocycles. The average molecular weight is 775 g/mol. The van der Waals surface area contributed by atoms with Crippen molar-refractivity contribution in [3.63, 3.8) is 0 Å². The van der Waals surface area contributed by atoms with Crippen LogP contribution < -0.4 is 0 Å². The van der Waals surface area contributed by atoms with Gasteiger partial charge in [-0.25, -0.2) is 9.97 Å². The lowest BCUT2D eigenvalue weighted by Crippen LogP contribution is -2.25. The Bertz CT molecular complexity index is 3140. The van der Waals surface area contributed by atoms with E-state index in [1.807, 2.05) is 0 Å². The SMILES string of the molecule is c1ccc(-c2cccc(-c3cc(-c4cccc(-c5ccccc5)c4)nc(-c4cccc(-c5ccc6c(c5)C5(c7ccccc7-c7ccccc75)c5ccccc5-6)c4)n3)c2)cc1. The van der Waals surface area contributed by atoms with Crippen molar-refractivity contribution in [2.45, 2.75) is 5.41 Å². The van der Waals surface area contributed by atoms with Gasteiger partial charge in [0.2, 0.25) is 0 Å². The van der Waals surface area contributed by atoms with Crippen LogP contribution in [0.15, 0.2) is 231 Å². The van der Waals surface area contributed by atoms with E-state index in [1.54, 1.807) is 0 Å². The van der Waals surface area contributed by atoms with Crippen LogP contribution in [0.1, 0.15) is 22.3 Å². The Labute approximate surface area is 356 Å². The number of hydrogen-bond acceptors (Lipinski definition) is 2. The maximum absolute atomic E-state index is 5.33. The molecule has 1 aromatic heterocycles. The third-order valence-corrected chi connectivity index (χ3v) is 12.7. The number of hydrogen-bond donors (Lipinski definition) is 0. The number of nitrogens with zero attached hydrogens (tertiary/aromatic N) is 2. The quantitative estimate of drug-likeness (QED) is 0.168. The van der Waals surface area contributed by atoms with Crippen LogP contribution >= 0.6 is 0 Å². The Hall–Kier alpha value is -7.94. The first kappa shape index (κ1) is 35.0. The molecule has 0 amide bonds. The summed E-state index contributed by atoms with van der Waals surface area (Å²) in [6, 6.07) is 83.3. The molecule has 2 aliphatic carbocycles. The van der Waals surface area contributed by atoms with Crippen LogP contribution in [-0.4, -0.2) is 9.97 Å². The van der Waals surface area contributed by atoms with Crippen LogP contribution in [0.5, 0.6) is 0 Å². The molecule has 0 bridgehead atoms. The molecule has 284 valence electrons. The summed E-state index contributed by atoms with van der Waals surface area (Å²) in [5.74, 6) is 0.688. The van der Waals surface area contributed by atoms with E-state index < -0.39 is 5.41 Å². The van der Waals surface area contributed by atoms with Crippen molar-refractivity contribution < 1.29 is 0 Å². The lowest BCUT2D eigenvalue weighted by atomic mass is 9.70. The fourth-order valence-electron chi connectivity index (χ4n) is 9.96. The largest absolute Gasteiger partial charge is 0.228 e. The summed E-state index contributed by atoms with van der Waals surface area (Å²) in [7, 11) is 0. The molecule has 0 unspecified atom stereocenters. The van der Waals surface area contributed by atoms with E-state index in [9.17, 15) is 0 Å². The minimum Gasteiger partial charge on any atom is -0.228 e. The number of aromatic nitrogens is 2. The van der Waals surface area contributed by atoms with Gasteiger partial charge in [0.25, 0.3) is 0 Å². The zero-order valence-electron chi connectivity index (χ0n) is 33.3. The molecule has 0 saturated heterocycles. The standard InChI is InChI=1S/C59H38N2/c1-3-16-39(17-4-1)41-20-13-23-45(34-41)56-38-57(46-24-14-21-42(35-46)40-18-5-2-6-19-40)61-58(60-56)47-25-15-22-43(36-47)44-32-33-51-50-28-9-12-31-54(50)59(55(51)37-44)52-29-10-7-26-48(52)49-27-8-11-30-53(49)59/h1-38H. The van der Waals surface area contributed by atoms with Crippen molar-refractivity contribution in [3.05, 3.63) is 253 Å². The normalized spacial score (nSPS) is 12.7. The number of benzene rings is 9. The molecule has 2 heteroatoms. The monoisotopic (exact) mass is 774 g/mol. The van der Waals surface area contributed by atoms with Gasteiger partial charge in [0.15, 0.2) is 5.82 Å². The van der Waals surface area contributed by atoms with E-state index >= 15 is 0 Å². The molecule has 10 aromatic rings. The van der Waals surface area contributed by atoms with Crippen LogP contribution in [0.3, 0.4) is 0 Å². The number of rotatable bonds is 6. The van der Waals surface area contributed by atoms with Crippen LogP contribution in [0.4, 0.5) is 0 Å². The first-order valence-corrected chi connectivity index (χ1v) is 21.0. The molecule has 2 aliphatic rings. The number of fused-ring (bicyclic) bond motifs is 10. The Morgan fingerprint density at radius 1 is 0.230 bits per heavy atom. The van der Waals surface area contributed by atoms with E-state index in [1.165, 1.54) is 55.6 Å². The predicted molar refractivity (Wildman–Crippen MR) is 251 cm³/mol. The average Bonchev–Trinajstić information content (AvgIpc) is 3.82. The minimum atomic E-state index is -0.401. The minimum absolute atomic E-state index is 0.401. The molecular formula is C59H38N2. The first-order valence-electron chi connectivity index (χ1n) is 21.0.